The summed E-state index contributed by atoms with van der Waals surface area (Å²) >= 11 is 0. The van der Waals surface area contributed by atoms with Crippen LogP contribution in [0.1, 0.15) is 21.5 Å². The van der Waals surface area contributed by atoms with E-state index in [0.717, 1.165) is 0 Å². The van der Waals surface area contributed by atoms with Crippen molar-refractivity contribution in [1.82, 2.24) is 4.90 Å². The highest BCUT2D eigenvalue weighted by atomic mass is 19.3. The van der Waals surface area contributed by atoms with Crippen molar-refractivity contribution in [2.75, 3.05) is 13.7 Å². The minimum atomic E-state index is -3.08. The number of alkyl halides is 2. The normalized spacial score (nSPS) is 14.9. The van der Waals surface area contributed by atoms with E-state index in [0.29, 0.717) is 16.0 Å². The van der Waals surface area contributed by atoms with Crippen LogP contribution in [-0.2, 0) is 9.59 Å². The van der Waals surface area contributed by atoms with Crippen LogP contribution >= 0.6 is 0 Å². The molecule has 0 N–H and O–H groups in total. The van der Waals surface area contributed by atoms with Crippen LogP contribution in [0.3, 0.4) is 0 Å². The van der Waals surface area contributed by atoms with E-state index in [2.05, 4.69) is 4.74 Å². The Bertz CT molecular complexity index is 1020. The van der Waals surface area contributed by atoms with Crippen LogP contribution in [0.5, 0.6) is 11.5 Å². The van der Waals surface area contributed by atoms with E-state index < -0.39 is 30.9 Å². The number of hydrogen-bond donors (Lipinski definition) is 0. The number of hydrogen-bond acceptors (Lipinski definition) is 6. The van der Waals surface area contributed by atoms with Gasteiger partial charge < -0.3 is 19.4 Å². The molecule has 150 valence electrons. The first kappa shape index (κ1) is 20.0. The molecule has 0 fully saturated rings. The SMILES string of the molecule is COc1ccc(/C=C2\C(=O)N(CC(=O)[O-])C(=O)c3ccccc32)cc1OC(F)F. The second kappa shape index (κ2) is 8.09. The summed E-state index contributed by atoms with van der Waals surface area (Å²) in [6.45, 7) is -3.99. The molecule has 3 rings (SSSR count). The molecule has 0 aromatic heterocycles. The number of carbonyl (C=O) groups excluding carboxylic acids is 3. The van der Waals surface area contributed by atoms with Crippen LogP contribution in [0.4, 0.5) is 8.78 Å². The first-order chi connectivity index (χ1) is 13.8. The first-order valence-corrected chi connectivity index (χ1v) is 8.31. The number of carboxylic acid groups (broad SMARTS) is 1. The molecule has 2 aromatic carbocycles. The van der Waals surface area contributed by atoms with Gasteiger partial charge in [-0.2, -0.15) is 8.78 Å². The van der Waals surface area contributed by atoms with Gasteiger partial charge in [0.25, 0.3) is 11.8 Å². The molecule has 1 heterocycles. The predicted molar refractivity (Wildman–Crippen MR) is 95.0 cm³/mol. The van der Waals surface area contributed by atoms with Gasteiger partial charge in [-0.05, 0) is 35.4 Å². The predicted octanol–water partition coefficient (Wildman–Crippen LogP) is 1.57. The molecule has 0 aliphatic carbocycles. The van der Waals surface area contributed by atoms with Crippen molar-refractivity contribution in [3.8, 4) is 11.5 Å². The Kier molecular flexibility index (Phi) is 5.58. The third-order valence-corrected chi connectivity index (χ3v) is 4.17. The van der Waals surface area contributed by atoms with Crippen molar-refractivity contribution < 1.29 is 37.7 Å². The number of fused-ring (bicyclic) bond motifs is 1. The molecule has 0 saturated carbocycles. The van der Waals surface area contributed by atoms with Crippen LogP contribution in [0.25, 0.3) is 11.6 Å². The number of aliphatic carboxylic acids is 1. The van der Waals surface area contributed by atoms with Crippen molar-refractivity contribution in [2.24, 2.45) is 0 Å². The Morgan fingerprint density at radius 3 is 2.41 bits per heavy atom. The monoisotopic (exact) mass is 402 g/mol. The van der Waals surface area contributed by atoms with Crippen LogP contribution in [0, 0.1) is 0 Å². The fourth-order valence-electron chi connectivity index (χ4n) is 2.95. The summed E-state index contributed by atoms with van der Waals surface area (Å²) in [5.74, 6) is -3.37. The average molecular weight is 402 g/mol. The molecule has 29 heavy (non-hydrogen) atoms. The summed E-state index contributed by atoms with van der Waals surface area (Å²) in [5.41, 5.74) is 0.762. The van der Waals surface area contributed by atoms with E-state index in [1.165, 1.54) is 43.5 Å². The zero-order valence-electron chi connectivity index (χ0n) is 15.1. The number of imide groups is 1. The molecule has 1 aliphatic heterocycles. The summed E-state index contributed by atoms with van der Waals surface area (Å²) in [5, 5.41) is 11.0. The van der Waals surface area contributed by atoms with Gasteiger partial charge in [0.05, 0.1) is 19.6 Å². The highest BCUT2D eigenvalue weighted by Gasteiger charge is 2.34. The number of ether oxygens (including phenoxy) is 2. The number of halogens is 2. The molecular weight excluding hydrogens is 388 g/mol. The topological polar surface area (TPSA) is 96.0 Å². The number of carboxylic acids is 1. The van der Waals surface area contributed by atoms with E-state index in [1.54, 1.807) is 12.1 Å². The van der Waals surface area contributed by atoms with E-state index >= 15 is 0 Å². The molecule has 9 heteroatoms. The summed E-state index contributed by atoms with van der Waals surface area (Å²) < 4.78 is 34.7. The molecule has 1 aliphatic rings. The van der Waals surface area contributed by atoms with Crippen LogP contribution < -0.4 is 14.6 Å². The third-order valence-electron chi connectivity index (χ3n) is 4.17. The zero-order chi connectivity index (χ0) is 21.1. The van der Waals surface area contributed by atoms with E-state index in [-0.39, 0.29) is 22.6 Å². The number of methoxy groups -OCH3 is 1. The first-order valence-electron chi connectivity index (χ1n) is 8.31. The second-order valence-corrected chi connectivity index (χ2v) is 5.96. The summed E-state index contributed by atoms with van der Waals surface area (Å²) in [6, 6.07) is 10.3. The number of nitrogens with zero attached hydrogens (tertiary/aromatic N) is 1. The van der Waals surface area contributed by atoms with Gasteiger partial charge in [-0.3, -0.25) is 14.5 Å². The van der Waals surface area contributed by atoms with Crippen molar-refractivity contribution in [2.45, 2.75) is 6.61 Å². The van der Waals surface area contributed by atoms with E-state index in [1.807, 2.05) is 0 Å². The largest absolute Gasteiger partial charge is 0.548 e. The molecule has 2 aromatic rings. The van der Waals surface area contributed by atoms with Crippen LogP contribution in [0.15, 0.2) is 42.5 Å². The fourth-order valence-corrected chi connectivity index (χ4v) is 2.95. The molecule has 0 unspecified atom stereocenters. The van der Waals surface area contributed by atoms with Gasteiger partial charge in [-0.1, -0.05) is 24.3 Å². The Hall–Kier alpha value is -3.75. The number of rotatable bonds is 6. The van der Waals surface area contributed by atoms with Crippen molar-refractivity contribution in [3.05, 3.63) is 59.2 Å². The molecule has 0 spiro atoms. The summed E-state index contributed by atoms with van der Waals surface area (Å²) in [6.07, 6.45) is 1.35. The highest BCUT2D eigenvalue weighted by Crippen LogP contribution is 2.33. The minimum absolute atomic E-state index is 0.0228. The van der Waals surface area contributed by atoms with Gasteiger partial charge >= 0.3 is 6.61 Å². The molecule has 0 atom stereocenters. The van der Waals surface area contributed by atoms with Gasteiger partial charge in [-0.15, -0.1) is 0 Å². The van der Waals surface area contributed by atoms with Gasteiger partial charge in [-0.25, -0.2) is 0 Å². The fraction of sp³-hybridized carbons (Fsp3) is 0.150. The van der Waals surface area contributed by atoms with Gasteiger partial charge in [0, 0.05) is 11.1 Å². The lowest BCUT2D eigenvalue weighted by Crippen LogP contribution is -2.47. The molecule has 7 nitrogen and oxygen atoms in total. The Balaban J connectivity index is 2.12. The zero-order valence-corrected chi connectivity index (χ0v) is 15.1. The smallest absolute Gasteiger partial charge is 0.387 e. The standard InChI is InChI=1S/C20H15F2NO6/c1-28-15-7-6-11(9-16(15)29-20(21)22)8-14-12-4-2-3-5-13(12)18(26)23(19(14)27)10-17(24)25/h2-9,20H,10H2,1H3,(H,24,25)/p-1/b14-8-. The summed E-state index contributed by atoms with van der Waals surface area (Å²) in [4.78, 5) is 36.8. The lowest BCUT2D eigenvalue weighted by molar-refractivity contribution is -0.305. The van der Waals surface area contributed by atoms with Crippen molar-refractivity contribution >= 4 is 29.4 Å². The van der Waals surface area contributed by atoms with E-state index in [4.69, 9.17) is 4.74 Å². The maximum Gasteiger partial charge on any atom is 0.387 e. The lowest BCUT2D eigenvalue weighted by Gasteiger charge is -2.28. The molecular formula is C20H14F2NO6-. The minimum Gasteiger partial charge on any atom is -0.548 e. The van der Waals surface area contributed by atoms with Gasteiger partial charge in [0.2, 0.25) is 0 Å². The Morgan fingerprint density at radius 2 is 1.79 bits per heavy atom. The Labute approximate surface area is 163 Å². The highest BCUT2D eigenvalue weighted by molar-refractivity contribution is 6.34. The average Bonchev–Trinajstić information content (AvgIpc) is 2.68. The number of benzene rings is 2. The maximum absolute atomic E-state index is 12.8. The number of carbonyl (C=O) groups is 3. The maximum atomic E-state index is 12.8. The molecule has 0 radical (unpaired) electrons. The molecule has 0 bridgehead atoms. The number of amides is 2. The van der Waals surface area contributed by atoms with Crippen molar-refractivity contribution in [1.29, 1.82) is 0 Å². The quantitative estimate of drug-likeness (QED) is 0.538. The van der Waals surface area contributed by atoms with Gasteiger partial charge in [0.15, 0.2) is 11.5 Å². The van der Waals surface area contributed by atoms with Crippen LogP contribution in [0.2, 0.25) is 0 Å². The third kappa shape index (κ3) is 4.08. The van der Waals surface area contributed by atoms with E-state index in [9.17, 15) is 28.3 Å². The van der Waals surface area contributed by atoms with Gasteiger partial charge in [0.1, 0.15) is 0 Å². The van der Waals surface area contributed by atoms with Crippen molar-refractivity contribution in [3.63, 3.8) is 0 Å². The summed E-state index contributed by atoms with van der Waals surface area (Å²) in [7, 11) is 1.29. The molecule has 2 amide bonds. The lowest BCUT2D eigenvalue weighted by atomic mass is 9.92. The molecule has 0 saturated heterocycles. The van der Waals surface area contributed by atoms with Crippen LogP contribution in [-0.4, -0.2) is 42.9 Å². The second-order valence-electron chi connectivity index (χ2n) is 5.96. The Morgan fingerprint density at radius 1 is 1.10 bits per heavy atom.